The van der Waals surface area contributed by atoms with E-state index in [1.54, 1.807) is 0 Å². The summed E-state index contributed by atoms with van der Waals surface area (Å²) < 4.78 is 0. The molecule has 0 fully saturated rings. The molecule has 0 unspecified atom stereocenters. The van der Waals surface area contributed by atoms with Crippen LogP contribution in [0.4, 0.5) is 0 Å². The smallest absolute Gasteiger partial charge is 0.334 e. The Morgan fingerprint density at radius 1 is 1.45 bits per heavy atom. The van der Waals surface area contributed by atoms with Crippen LogP contribution in [0.25, 0.3) is 0 Å². The van der Waals surface area contributed by atoms with Crippen molar-refractivity contribution in [1.29, 1.82) is 0 Å². The normalized spacial score (nSPS) is 15.2. The second kappa shape index (κ2) is 3.92. The maximum Gasteiger partial charge on any atom is 0.334 e. The van der Waals surface area contributed by atoms with E-state index in [2.05, 4.69) is 5.32 Å². The molecule has 0 radical (unpaired) electrons. The van der Waals surface area contributed by atoms with E-state index >= 15 is 0 Å². The molecule has 0 bridgehead atoms. The van der Waals surface area contributed by atoms with E-state index in [9.17, 15) is 9.59 Å². The number of aliphatic carboxylic acids is 1. The number of carbonyl (C=O) groups is 2. The lowest BCUT2D eigenvalue weighted by Gasteiger charge is -2.14. The molecule has 0 saturated heterocycles. The van der Waals surface area contributed by atoms with Gasteiger partial charge in [-0.25, -0.2) is 4.79 Å². The van der Waals surface area contributed by atoms with Crippen molar-refractivity contribution in [2.75, 3.05) is 0 Å². The van der Waals surface area contributed by atoms with E-state index in [0.717, 1.165) is 0 Å². The largest absolute Gasteiger partial charge is 0.479 e. The SMILES string of the molecule is CC(=O)N[C@@H](C)[C@@H](O)C(=O)O. The van der Waals surface area contributed by atoms with E-state index in [1.807, 2.05) is 0 Å². The number of carbonyl (C=O) groups excluding carboxylic acids is 1. The third kappa shape index (κ3) is 3.57. The zero-order chi connectivity index (χ0) is 9.02. The van der Waals surface area contributed by atoms with E-state index in [4.69, 9.17) is 10.2 Å². The van der Waals surface area contributed by atoms with E-state index < -0.39 is 18.1 Å². The van der Waals surface area contributed by atoms with Crippen LogP contribution >= 0.6 is 0 Å². The van der Waals surface area contributed by atoms with Crippen molar-refractivity contribution in [1.82, 2.24) is 5.32 Å². The van der Waals surface area contributed by atoms with Crippen LogP contribution in [-0.4, -0.2) is 34.2 Å². The predicted octanol–water partition coefficient (Wildman–Crippen LogP) is -1.04. The summed E-state index contributed by atoms with van der Waals surface area (Å²) in [5.74, 6) is -1.70. The van der Waals surface area contributed by atoms with E-state index in [0.29, 0.717) is 0 Å². The molecular formula is C6H11NO4. The molecule has 0 aliphatic rings. The Hall–Kier alpha value is -1.10. The Morgan fingerprint density at radius 2 is 1.91 bits per heavy atom. The molecule has 11 heavy (non-hydrogen) atoms. The van der Waals surface area contributed by atoms with Crippen molar-refractivity contribution >= 4 is 11.9 Å². The van der Waals surface area contributed by atoms with Gasteiger partial charge in [0.1, 0.15) is 0 Å². The van der Waals surface area contributed by atoms with Crippen LogP contribution in [0.15, 0.2) is 0 Å². The Labute approximate surface area is 64.0 Å². The third-order valence-corrected chi connectivity index (χ3v) is 1.16. The zero-order valence-electron chi connectivity index (χ0n) is 6.37. The highest BCUT2D eigenvalue weighted by molar-refractivity contribution is 5.76. The summed E-state index contributed by atoms with van der Waals surface area (Å²) in [6.07, 6.45) is -1.54. The van der Waals surface area contributed by atoms with Gasteiger partial charge in [-0.15, -0.1) is 0 Å². The molecule has 2 atom stereocenters. The second-order valence-electron chi connectivity index (χ2n) is 2.27. The van der Waals surface area contributed by atoms with Crippen LogP contribution in [0.5, 0.6) is 0 Å². The van der Waals surface area contributed by atoms with Gasteiger partial charge in [-0.05, 0) is 6.92 Å². The fourth-order valence-electron chi connectivity index (χ4n) is 0.613. The summed E-state index contributed by atoms with van der Waals surface area (Å²) in [5, 5.41) is 19.3. The number of aliphatic hydroxyl groups excluding tert-OH is 1. The fraction of sp³-hybridized carbons (Fsp3) is 0.667. The number of carboxylic acid groups (broad SMARTS) is 1. The molecule has 0 aromatic rings. The highest BCUT2D eigenvalue weighted by Gasteiger charge is 2.21. The Morgan fingerprint density at radius 3 is 2.18 bits per heavy atom. The molecule has 64 valence electrons. The monoisotopic (exact) mass is 161 g/mol. The van der Waals surface area contributed by atoms with Gasteiger partial charge in [-0.1, -0.05) is 0 Å². The minimum Gasteiger partial charge on any atom is -0.479 e. The van der Waals surface area contributed by atoms with Crippen molar-refractivity contribution in [3.05, 3.63) is 0 Å². The number of hydrogen-bond donors (Lipinski definition) is 3. The molecule has 0 heterocycles. The first-order valence-electron chi connectivity index (χ1n) is 3.13. The fourth-order valence-corrected chi connectivity index (χ4v) is 0.613. The molecule has 0 aromatic carbocycles. The molecular weight excluding hydrogens is 150 g/mol. The molecule has 0 spiro atoms. The van der Waals surface area contributed by atoms with Gasteiger partial charge >= 0.3 is 5.97 Å². The minimum absolute atomic E-state index is 0.363. The Kier molecular flexibility index (Phi) is 3.53. The predicted molar refractivity (Wildman–Crippen MR) is 36.9 cm³/mol. The third-order valence-electron chi connectivity index (χ3n) is 1.16. The molecule has 0 saturated carbocycles. The Balaban J connectivity index is 3.92. The first-order chi connectivity index (χ1) is 4.95. The van der Waals surface area contributed by atoms with Crippen LogP contribution in [-0.2, 0) is 9.59 Å². The van der Waals surface area contributed by atoms with Crippen LogP contribution in [0, 0.1) is 0 Å². The highest BCUT2D eigenvalue weighted by Crippen LogP contribution is 1.91. The lowest BCUT2D eigenvalue weighted by atomic mass is 10.2. The minimum atomic E-state index is -1.54. The van der Waals surface area contributed by atoms with Crippen LogP contribution in [0.1, 0.15) is 13.8 Å². The molecule has 0 aliphatic carbocycles. The van der Waals surface area contributed by atoms with Gasteiger partial charge < -0.3 is 15.5 Å². The van der Waals surface area contributed by atoms with Gasteiger partial charge in [-0.3, -0.25) is 4.79 Å². The summed E-state index contributed by atoms with van der Waals surface area (Å²) in [6.45, 7) is 2.67. The number of hydrogen-bond acceptors (Lipinski definition) is 3. The number of aliphatic hydroxyl groups is 1. The van der Waals surface area contributed by atoms with Gasteiger partial charge in [0.05, 0.1) is 6.04 Å². The van der Waals surface area contributed by atoms with Crippen LogP contribution in [0.3, 0.4) is 0 Å². The maximum absolute atomic E-state index is 10.4. The summed E-state index contributed by atoms with van der Waals surface area (Å²) in [6, 6.07) is -0.759. The van der Waals surface area contributed by atoms with Gasteiger partial charge in [0.2, 0.25) is 5.91 Å². The van der Waals surface area contributed by atoms with Crippen molar-refractivity contribution in [2.24, 2.45) is 0 Å². The lowest BCUT2D eigenvalue weighted by Crippen LogP contribution is -2.44. The van der Waals surface area contributed by atoms with Crippen molar-refractivity contribution in [2.45, 2.75) is 26.0 Å². The molecule has 3 N–H and O–H groups in total. The highest BCUT2D eigenvalue weighted by atomic mass is 16.4. The summed E-state index contributed by atoms with van der Waals surface area (Å²) in [7, 11) is 0. The average molecular weight is 161 g/mol. The number of rotatable bonds is 3. The van der Waals surface area contributed by atoms with Gasteiger partial charge in [0.15, 0.2) is 6.10 Å². The standard InChI is InChI=1S/C6H11NO4/c1-3(7-4(2)8)5(9)6(10)11/h3,5,9H,1-2H3,(H,7,8)(H,10,11)/t3-,5+/m0/s1. The quantitative estimate of drug-likeness (QED) is 0.493. The van der Waals surface area contributed by atoms with Gasteiger partial charge in [0.25, 0.3) is 0 Å². The summed E-state index contributed by atoms with van der Waals surface area (Å²) in [4.78, 5) is 20.5. The molecule has 5 nitrogen and oxygen atoms in total. The van der Waals surface area contributed by atoms with E-state index in [-0.39, 0.29) is 5.91 Å². The number of amides is 1. The summed E-state index contributed by atoms with van der Waals surface area (Å²) in [5.41, 5.74) is 0. The van der Waals surface area contributed by atoms with Crippen LogP contribution < -0.4 is 5.32 Å². The number of nitrogens with one attached hydrogen (secondary N) is 1. The van der Waals surface area contributed by atoms with Crippen molar-refractivity contribution < 1.29 is 19.8 Å². The van der Waals surface area contributed by atoms with Gasteiger partial charge in [0, 0.05) is 6.92 Å². The second-order valence-corrected chi connectivity index (χ2v) is 2.27. The zero-order valence-corrected chi connectivity index (χ0v) is 6.37. The van der Waals surface area contributed by atoms with Crippen molar-refractivity contribution in [3.63, 3.8) is 0 Å². The van der Waals surface area contributed by atoms with Gasteiger partial charge in [-0.2, -0.15) is 0 Å². The first kappa shape index (κ1) is 9.90. The first-order valence-corrected chi connectivity index (χ1v) is 3.13. The molecule has 0 aliphatic heterocycles. The molecule has 1 amide bonds. The molecule has 5 heteroatoms. The van der Waals surface area contributed by atoms with Crippen molar-refractivity contribution in [3.8, 4) is 0 Å². The average Bonchev–Trinajstić information content (AvgIpc) is 1.84. The molecule has 0 rings (SSSR count). The summed E-state index contributed by atoms with van der Waals surface area (Å²) >= 11 is 0. The van der Waals surface area contributed by atoms with Crippen LogP contribution in [0.2, 0.25) is 0 Å². The Bertz CT molecular complexity index is 168. The maximum atomic E-state index is 10.4. The number of carboxylic acids is 1. The topological polar surface area (TPSA) is 86.6 Å². The van der Waals surface area contributed by atoms with E-state index in [1.165, 1.54) is 13.8 Å². The molecule has 0 aromatic heterocycles. The lowest BCUT2D eigenvalue weighted by molar-refractivity contribution is -0.148.